The lowest BCUT2D eigenvalue weighted by atomic mass is 10.1. The summed E-state index contributed by atoms with van der Waals surface area (Å²) in [7, 11) is -4.51. The van der Waals surface area contributed by atoms with E-state index in [2.05, 4.69) is 50.3 Å². The number of carbonyl (C=O) groups excluding carboxylic acids is 1. The van der Waals surface area contributed by atoms with Crippen molar-refractivity contribution in [3.63, 3.8) is 0 Å². The molecule has 3 N–H and O–H groups in total. The molecule has 10 heteroatoms. The van der Waals surface area contributed by atoms with Gasteiger partial charge in [0.1, 0.15) is 12.2 Å². The summed E-state index contributed by atoms with van der Waals surface area (Å²) in [5.74, 6) is -0.400. The molecule has 0 aliphatic heterocycles. The standard InChI is InChI=1S/C37H69O9P/c1-3-5-7-9-11-13-15-16-17-18-19-20-22-24-26-28-30-43-33-36(34-45-47(41,42)44-32-35(39)31-38)46-37(40)29-27-25-23-21-14-12-10-8-6-4-2/h8,10-11,13,16-17,35-36,38-39H,3-7,9,12,14-15,18-34H2,1-2H3,(H,41,42)/b10-8-,13-11-,17-16-. The molecular weight excluding hydrogens is 619 g/mol. The molecule has 0 aromatic carbocycles. The highest BCUT2D eigenvalue weighted by Crippen LogP contribution is 2.43. The van der Waals surface area contributed by atoms with Crippen molar-refractivity contribution < 1.29 is 43.0 Å². The van der Waals surface area contributed by atoms with Crippen molar-refractivity contribution in [1.82, 2.24) is 0 Å². The summed E-state index contributed by atoms with van der Waals surface area (Å²) in [5.41, 5.74) is 0. The van der Waals surface area contributed by atoms with Gasteiger partial charge in [0.25, 0.3) is 0 Å². The van der Waals surface area contributed by atoms with Crippen LogP contribution in [0.25, 0.3) is 0 Å². The molecule has 3 unspecified atom stereocenters. The Morgan fingerprint density at radius 2 is 1.19 bits per heavy atom. The Hall–Kier alpha value is -1.32. The van der Waals surface area contributed by atoms with E-state index in [0.29, 0.717) is 13.0 Å². The topological polar surface area (TPSA) is 132 Å². The molecule has 0 aromatic heterocycles. The fourth-order valence-electron chi connectivity index (χ4n) is 4.68. The third-order valence-electron chi connectivity index (χ3n) is 7.53. The summed E-state index contributed by atoms with van der Waals surface area (Å²) in [6, 6.07) is 0. The predicted molar refractivity (Wildman–Crippen MR) is 191 cm³/mol. The average Bonchev–Trinajstić information content (AvgIpc) is 3.06. The van der Waals surface area contributed by atoms with Gasteiger partial charge in [0, 0.05) is 13.0 Å². The van der Waals surface area contributed by atoms with Gasteiger partial charge in [-0.1, -0.05) is 115 Å². The SMILES string of the molecule is CCC/C=C\CCCCCCCC(=O)OC(COCCCCCCCC/C=C\C/C=C\CCCCC)COP(=O)(O)OCC(O)CO. The molecule has 0 saturated heterocycles. The maximum absolute atomic E-state index is 12.5. The van der Waals surface area contributed by atoms with Gasteiger partial charge in [0.2, 0.25) is 0 Å². The normalized spacial score (nSPS) is 14.7. The number of esters is 1. The summed E-state index contributed by atoms with van der Waals surface area (Å²) in [6.07, 6.45) is 33.9. The lowest BCUT2D eigenvalue weighted by molar-refractivity contribution is -0.154. The molecule has 9 nitrogen and oxygen atoms in total. The molecule has 0 aliphatic carbocycles. The first-order chi connectivity index (χ1) is 22.8. The van der Waals surface area contributed by atoms with E-state index in [1.165, 1.54) is 51.4 Å². The molecule has 0 saturated carbocycles. The number of carbonyl (C=O) groups is 1. The van der Waals surface area contributed by atoms with Crippen molar-refractivity contribution in [2.75, 3.05) is 33.0 Å². The van der Waals surface area contributed by atoms with Gasteiger partial charge >= 0.3 is 13.8 Å². The number of hydrogen-bond acceptors (Lipinski definition) is 8. The Morgan fingerprint density at radius 3 is 1.81 bits per heavy atom. The van der Waals surface area contributed by atoms with Crippen LogP contribution in [0.2, 0.25) is 0 Å². The number of ether oxygens (including phenoxy) is 2. The number of phosphoric ester groups is 1. The second kappa shape index (κ2) is 34.5. The summed E-state index contributed by atoms with van der Waals surface area (Å²) in [4.78, 5) is 22.4. The number of unbranched alkanes of at least 4 members (excludes halogenated alkanes) is 15. The molecule has 3 atom stereocenters. The van der Waals surface area contributed by atoms with Crippen LogP contribution in [0.5, 0.6) is 0 Å². The van der Waals surface area contributed by atoms with Crippen molar-refractivity contribution in [3.8, 4) is 0 Å². The Balaban J connectivity index is 4.25. The van der Waals surface area contributed by atoms with Crippen LogP contribution in [0.3, 0.4) is 0 Å². The number of phosphoric acid groups is 1. The van der Waals surface area contributed by atoms with Crippen molar-refractivity contribution in [2.24, 2.45) is 0 Å². The van der Waals surface area contributed by atoms with Gasteiger partial charge in [-0.15, -0.1) is 0 Å². The molecule has 47 heavy (non-hydrogen) atoms. The van der Waals surface area contributed by atoms with Crippen LogP contribution in [0.1, 0.15) is 149 Å². The maximum Gasteiger partial charge on any atom is 0.472 e. The van der Waals surface area contributed by atoms with Crippen LogP contribution in [0, 0.1) is 0 Å². The van der Waals surface area contributed by atoms with E-state index in [1.54, 1.807) is 0 Å². The fraction of sp³-hybridized carbons (Fsp3) is 0.811. The number of aliphatic hydroxyl groups excluding tert-OH is 2. The molecule has 0 aliphatic rings. The summed E-state index contributed by atoms with van der Waals surface area (Å²) < 4.78 is 33.1. The molecule has 0 rings (SSSR count). The quantitative estimate of drug-likeness (QED) is 0.0258. The van der Waals surface area contributed by atoms with Gasteiger partial charge in [-0.25, -0.2) is 4.57 Å². The average molecular weight is 689 g/mol. The Kier molecular flexibility index (Phi) is 33.6. The minimum atomic E-state index is -4.51. The molecule has 276 valence electrons. The Labute approximate surface area is 286 Å². The van der Waals surface area contributed by atoms with Crippen molar-refractivity contribution in [1.29, 1.82) is 0 Å². The van der Waals surface area contributed by atoms with Crippen molar-refractivity contribution in [3.05, 3.63) is 36.5 Å². The second-order valence-electron chi connectivity index (χ2n) is 12.2. The zero-order chi connectivity index (χ0) is 34.7. The number of allylic oxidation sites excluding steroid dienone is 6. The van der Waals surface area contributed by atoms with Gasteiger partial charge in [-0.05, 0) is 64.2 Å². The highest BCUT2D eigenvalue weighted by Gasteiger charge is 2.26. The van der Waals surface area contributed by atoms with Crippen LogP contribution in [-0.2, 0) is 27.9 Å². The van der Waals surface area contributed by atoms with E-state index in [9.17, 15) is 19.4 Å². The molecule has 0 radical (unpaired) electrons. The van der Waals surface area contributed by atoms with Gasteiger partial charge in [0.05, 0.1) is 26.4 Å². The highest BCUT2D eigenvalue weighted by atomic mass is 31.2. The smallest absolute Gasteiger partial charge is 0.457 e. The zero-order valence-corrected chi connectivity index (χ0v) is 30.6. The van der Waals surface area contributed by atoms with E-state index in [0.717, 1.165) is 70.6 Å². The lowest BCUT2D eigenvalue weighted by Gasteiger charge is -2.20. The summed E-state index contributed by atoms with van der Waals surface area (Å²) in [5, 5.41) is 18.2. The fourth-order valence-corrected chi connectivity index (χ4v) is 5.47. The van der Waals surface area contributed by atoms with E-state index >= 15 is 0 Å². The zero-order valence-electron chi connectivity index (χ0n) is 29.7. The molecule has 0 amide bonds. The first kappa shape index (κ1) is 45.7. The summed E-state index contributed by atoms with van der Waals surface area (Å²) in [6.45, 7) is 3.37. The maximum atomic E-state index is 12.5. The largest absolute Gasteiger partial charge is 0.472 e. The Bertz CT molecular complexity index is 831. The van der Waals surface area contributed by atoms with Gasteiger partial charge < -0.3 is 24.6 Å². The molecule has 0 bridgehead atoms. The third kappa shape index (κ3) is 34.3. The van der Waals surface area contributed by atoms with Gasteiger partial charge in [-0.3, -0.25) is 13.8 Å². The lowest BCUT2D eigenvalue weighted by Crippen LogP contribution is -2.29. The van der Waals surface area contributed by atoms with Crippen molar-refractivity contribution >= 4 is 13.8 Å². The minimum absolute atomic E-state index is 0.0385. The van der Waals surface area contributed by atoms with Gasteiger partial charge in [-0.2, -0.15) is 0 Å². The minimum Gasteiger partial charge on any atom is -0.457 e. The molecule has 0 aromatic rings. The van der Waals surface area contributed by atoms with Crippen molar-refractivity contribution in [2.45, 2.75) is 161 Å². The number of rotatable bonds is 35. The predicted octanol–water partition coefficient (Wildman–Crippen LogP) is 9.30. The molecular formula is C37H69O9P. The van der Waals surface area contributed by atoms with Gasteiger partial charge in [0.15, 0.2) is 0 Å². The third-order valence-corrected chi connectivity index (χ3v) is 8.48. The van der Waals surface area contributed by atoms with E-state index in [1.807, 2.05) is 0 Å². The van der Waals surface area contributed by atoms with Crippen LogP contribution >= 0.6 is 7.82 Å². The highest BCUT2D eigenvalue weighted by molar-refractivity contribution is 7.47. The van der Waals surface area contributed by atoms with Crippen LogP contribution < -0.4 is 0 Å². The molecule has 0 fully saturated rings. The first-order valence-electron chi connectivity index (χ1n) is 18.5. The van der Waals surface area contributed by atoms with E-state index in [4.69, 9.17) is 23.6 Å². The first-order valence-corrected chi connectivity index (χ1v) is 20.0. The van der Waals surface area contributed by atoms with E-state index in [-0.39, 0.29) is 19.6 Å². The van der Waals surface area contributed by atoms with E-state index < -0.39 is 39.2 Å². The van der Waals surface area contributed by atoms with Crippen LogP contribution in [0.4, 0.5) is 0 Å². The van der Waals surface area contributed by atoms with Crippen LogP contribution in [-0.4, -0.2) is 66.3 Å². The number of hydrogen-bond donors (Lipinski definition) is 3. The molecule has 0 heterocycles. The number of aliphatic hydroxyl groups is 2. The Morgan fingerprint density at radius 1 is 0.660 bits per heavy atom. The second-order valence-corrected chi connectivity index (χ2v) is 13.7. The monoisotopic (exact) mass is 688 g/mol. The van der Waals surface area contributed by atoms with Crippen LogP contribution in [0.15, 0.2) is 36.5 Å². The molecule has 0 spiro atoms. The summed E-state index contributed by atoms with van der Waals surface area (Å²) >= 11 is 0.